The maximum atomic E-state index is 12.1. The monoisotopic (exact) mass is 377 g/mol. The number of halogens is 1. The van der Waals surface area contributed by atoms with Crippen LogP contribution in [0.4, 0.5) is 0 Å². The Bertz CT molecular complexity index is 718. The summed E-state index contributed by atoms with van der Waals surface area (Å²) in [5.74, 6) is 2.03. The first-order chi connectivity index (χ1) is 12.5. The van der Waals surface area contributed by atoms with Crippen LogP contribution in [0.15, 0.2) is 42.5 Å². The molecule has 0 unspecified atom stereocenters. The van der Waals surface area contributed by atoms with Crippen molar-refractivity contribution in [2.45, 2.75) is 25.8 Å². The van der Waals surface area contributed by atoms with Crippen molar-refractivity contribution < 1.29 is 19.0 Å². The molecule has 26 heavy (non-hydrogen) atoms. The minimum atomic E-state index is -0.125. The number of ether oxygens (including phenoxy) is 3. The number of carbonyl (C=O) groups is 1. The molecule has 0 heterocycles. The van der Waals surface area contributed by atoms with Gasteiger partial charge in [0, 0.05) is 11.4 Å². The Labute approximate surface area is 159 Å². The van der Waals surface area contributed by atoms with E-state index >= 15 is 0 Å². The summed E-state index contributed by atoms with van der Waals surface area (Å²) in [7, 11) is 3.18. The Kier molecular flexibility index (Phi) is 7.60. The first kappa shape index (κ1) is 19.9. The zero-order chi connectivity index (χ0) is 18.9. The van der Waals surface area contributed by atoms with Crippen molar-refractivity contribution in [3.05, 3.63) is 53.1 Å². The lowest BCUT2D eigenvalue weighted by Gasteiger charge is -2.16. The molecule has 6 heteroatoms. The van der Waals surface area contributed by atoms with Crippen LogP contribution in [0, 0.1) is 0 Å². The molecule has 2 aromatic carbocycles. The fourth-order valence-electron chi connectivity index (χ4n) is 2.47. The molecule has 0 bridgehead atoms. The molecule has 140 valence electrons. The summed E-state index contributed by atoms with van der Waals surface area (Å²) >= 11 is 5.83. The maximum absolute atomic E-state index is 12.1. The van der Waals surface area contributed by atoms with Crippen molar-refractivity contribution >= 4 is 17.5 Å². The van der Waals surface area contributed by atoms with Gasteiger partial charge in [0.15, 0.2) is 11.5 Å². The van der Waals surface area contributed by atoms with Gasteiger partial charge in [-0.2, -0.15) is 0 Å². The fraction of sp³-hybridized carbons (Fsp3) is 0.350. The largest absolute Gasteiger partial charge is 0.494 e. The summed E-state index contributed by atoms with van der Waals surface area (Å²) in [6, 6.07) is 12.6. The molecule has 0 aliphatic heterocycles. The highest BCUT2D eigenvalue weighted by atomic mass is 35.5. The SMILES string of the molecule is COc1ccc([C@H](C)NC(=O)CCCOc2ccc(Cl)cc2)cc1OC. The van der Waals surface area contributed by atoms with Crippen molar-refractivity contribution in [3.63, 3.8) is 0 Å². The number of amides is 1. The summed E-state index contributed by atoms with van der Waals surface area (Å²) in [4.78, 5) is 12.1. The molecule has 0 aliphatic rings. The van der Waals surface area contributed by atoms with Crippen LogP contribution < -0.4 is 19.5 Å². The molecule has 2 aromatic rings. The molecule has 2 rings (SSSR count). The van der Waals surface area contributed by atoms with Crippen LogP contribution >= 0.6 is 11.6 Å². The number of benzene rings is 2. The molecule has 0 saturated heterocycles. The average Bonchev–Trinajstić information content (AvgIpc) is 2.66. The maximum Gasteiger partial charge on any atom is 0.220 e. The zero-order valence-electron chi connectivity index (χ0n) is 15.3. The lowest BCUT2D eigenvalue weighted by atomic mass is 10.1. The standard InChI is InChI=1S/C20H24ClNO4/c1-14(15-6-11-18(24-2)19(13-15)25-3)22-20(23)5-4-12-26-17-9-7-16(21)8-10-17/h6-11,13-14H,4-5,12H2,1-3H3,(H,22,23)/t14-/m0/s1. The van der Waals surface area contributed by atoms with Gasteiger partial charge >= 0.3 is 0 Å². The first-order valence-corrected chi connectivity index (χ1v) is 8.81. The van der Waals surface area contributed by atoms with Gasteiger partial charge in [0.25, 0.3) is 0 Å². The summed E-state index contributed by atoms with van der Waals surface area (Å²) in [5.41, 5.74) is 0.952. The highest BCUT2D eigenvalue weighted by Crippen LogP contribution is 2.29. The van der Waals surface area contributed by atoms with Crippen molar-refractivity contribution in [2.75, 3.05) is 20.8 Å². The van der Waals surface area contributed by atoms with Gasteiger partial charge in [-0.25, -0.2) is 0 Å². The van der Waals surface area contributed by atoms with E-state index in [1.54, 1.807) is 26.4 Å². The summed E-state index contributed by atoms with van der Waals surface area (Å²) in [5, 5.41) is 3.65. The topological polar surface area (TPSA) is 56.8 Å². The first-order valence-electron chi connectivity index (χ1n) is 8.43. The number of hydrogen-bond donors (Lipinski definition) is 1. The lowest BCUT2D eigenvalue weighted by Crippen LogP contribution is -2.26. The number of nitrogens with one attached hydrogen (secondary N) is 1. The molecule has 0 fully saturated rings. The normalized spacial score (nSPS) is 11.5. The van der Waals surface area contributed by atoms with Gasteiger partial charge in [-0.05, 0) is 55.3 Å². The van der Waals surface area contributed by atoms with E-state index in [0.717, 1.165) is 11.3 Å². The molecule has 1 N–H and O–H groups in total. The van der Waals surface area contributed by atoms with Crippen molar-refractivity contribution in [2.24, 2.45) is 0 Å². The van der Waals surface area contributed by atoms with Gasteiger partial charge in [0.1, 0.15) is 5.75 Å². The van der Waals surface area contributed by atoms with Crippen LogP contribution in [-0.2, 0) is 4.79 Å². The Balaban J connectivity index is 1.77. The predicted molar refractivity (Wildman–Crippen MR) is 102 cm³/mol. The minimum Gasteiger partial charge on any atom is -0.494 e. The zero-order valence-corrected chi connectivity index (χ0v) is 16.0. The number of methoxy groups -OCH3 is 2. The van der Waals surface area contributed by atoms with E-state index in [1.807, 2.05) is 37.3 Å². The summed E-state index contributed by atoms with van der Waals surface area (Å²) in [6.45, 7) is 2.41. The molecule has 0 radical (unpaired) electrons. The van der Waals surface area contributed by atoms with Crippen LogP contribution in [-0.4, -0.2) is 26.7 Å². The van der Waals surface area contributed by atoms with Crippen molar-refractivity contribution in [1.82, 2.24) is 5.32 Å². The second-order valence-electron chi connectivity index (χ2n) is 5.81. The van der Waals surface area contributed by atoms with Crippen LogP contribution in [0.2, 0.25) is 5.02 Å². The predicted octanol–water partition coefficient (Wildman–Crippen LogP) is 4.39. The quantitative estimate of drug-likeness (QED) is 0.658. The van der Waals surface area contributed by atoms with Crippen LogP contribution in [0.1, 0.15) is 31.4 Å². The van der Waals surface area contributed by atoms with Crippen molar-refractivity contribution in [3.8, 4) is 17.2 Å². The Morgan fingerprint density at radius 1 is 1.08 bits per heavy atom. The third-order valence-corrected chi connectivity index (χ3v) is 4.17. The van der Waals surface area contributed by atoms with E-state index in [9.17, 15) is 4.79 Å². The fourth-order valence-corrected chi connectivity index (χ4v) is 2.60. The lowest BCUT2D eigenvalue weighted by molar-refractivity contribution is -0.121. The van der Waals surface area contributed by atoms with Gasteiger partial charge in [0.2, 0.25) is 5.91 Å². The molecule has 1 amide bonds. The van der Waals surface area contributed by atoms with Crippen molar-refractivity contribution in [1.29, 1.82) is 0 Å². The van der Waals surface area contributed by atoms with Crippen LogP contribution in [0.25, 0.3) is 0 Å². The molecule has 1 atom stereocenters. The van der Waals surface area contributed by atoms with Gasteiger partial charge in [-0.3, -0.25) is 4.79 Å². The highest BCUT2D eigenvalue weighted by Gasteiger charge is 2.12. The molecular formula is C20H24ClNO4. The van der Waals surface area contributed by atoms with E-state index in [-0.39, 0.29) is 11.9 Å². The molecule has 0 saturated carbocycles. The highest BCUT2D eigenvalue weighted by molar-refractivity contribution is 6.30. The van der Waals surface area contributed by atoms with Gasteiger partial charge < -0.3 is 19.5 Å². The Morgan fingerprint density at radius 3 is 2.42 bits per heavy atom. The number of carbonyl (C=O) groups excluding carboxylic acids is 1. The summed E-state index contributed by atoms with van der Waals surface area (Å²) < 4.78 is 16.1. The van der Waals surface area contributed by atoms with Crippen LogP contribution in [0.5, 0.6) is 17.2 Å². The third kappa shape index (κ3) is 5.85. The summed E-state index contributed by atoms with van der Waals surface area (Å²) in [6.07, 6.45) is 1.03. The molecule has 5 nitrogen and oxygen atoms in total. The van der Waals surface area contributed by atoms with Gasteiger partial charge in [-0.1, -0.05) is 17.7 Å². The Hall–Kier alpha value is -2.40. The second kappa shape index (κ2) is 9.92. The van der Waals surface area contributed by atoms with E-state index in [2.05, 4.69) is 5.32 Å². The van der Waals surface area contributed by atoms with E-state index in [1.165, 1.54) is 0 Å². The minimum absolute atomic E-state index is 0.0213. The Morgan fingerprint density at radius 2 is 1.77 bits per heavy atom. The van der Waals surface area contributed by atoms with E-state index in [4.69, 9.17) is 25.8 Å². The smallest absolute Gasteiger partial charge is 0.220 e. The molecule has 0 aliphatic carbocycles. The van der Waals surface area contributed by atoms with E-state index in [0.29, 0.717) is 36.0 Å². The molecule has 0 aromatic heterocycles. The number of rotatable bonds is 9. The third-order valence-electron chi connectivity index (χ3n) is 3.92. The number of hydrogen-bond acceptors (Lipinski definition) is 4. The van der Waals surface area contributed by atoms with Crippen LogP contribution in [0.3, 0.4) is 0 Å². The molecule has 0 spiro atoms. The van der Waals surface area contributed by atoms with Gasteiger partial charge in [0.05, 0.1) is 26.9 Å². The molecular weight excluding hydrogens is 354 g/mol. The van der Waals surface area contributed by atoms with Gasteiger partial charge in [-0.15, -0.1) is 0 Å². The second-order valence-corrected chi connectivity index (χ2v) is 6.25. The van der Waals surface area contributed by atoms with E-state index < -0.39 is 0 Å². The average molecular weight is 378 g/mol.